The van der Waals surface area contributed by atoms with Crippen molar-refractivity contribution in [1.29, 1.82) is 0 Å². The number of aliphatic hydroxyl groups excluding tert-OH is 1. The molecule has 43 heavy (non-hydrogen) atoms. The minimum absolute atomic E-state index is 0.0112. The highest BCUT2D eigenvalue weighted by Gasteiger charge is 2.46. The third-order valence-corrected chi connectivity index (χ3v) is 7.68. The van der Waals surface area contributed by atoms with Gasteiger partial charge in [-0.3, -0.25) is 14.4 Å². The fraction of sp³-hybridized carbons (Fsp3) is 0.483. The Morgan fingerprint density at radius 2 is 1.84 bits per heavy atom. The molecule has 2 atom stereocenters. The van der Waals surface area contributed by atoms with Crippen molar-refractivity contribution >= 4 is 35.0 Å². The molecular formula is C29H34ClF3N4O6. The number of hydrogen-bond donors (Lipinski definition) is 3. The summed E-state index contributed by atoms with van der Waals surface area (Å²) in [5, 5.41) is 15.8. The number of carbonyl (C=O) groups is 3. The molecule has 234 valence electrons. The van der Waals surface area contributed by atoms with Gasteiger partial charge in [0.05, 0.1) is 6.54 Å². The standard InChI is InChI=1S/C29H34ClF3N4O6/c1-18(38)36-11-8-20(9-12-36)28(41)37(10-7-19-5-6-24-25(13-19)43-17-42-24)16-23(39)27(29(31,32)33)35-26(40)15-34-22-4-2-3-21(30)14-22/h2-6,13-14,20,23,27,34,39H,7-12,15-17H2,1H3,(H,35,40). The number of likely N-dealkylation sites (tertiary alicyclic amines) is 1. The van der Waals surface area contributed by atoms with Crippen molar-refractivity contribution < 1.29 is 42.1 Å². The van der Waals surface area contributed by atoms with Gasteiger partial charge in [-0.2, -0.15) is 13.2 Å². The molecule has 0 bridgehead atoms. The molecule has 0 aromatic heterocycles. The molecule has 2 aromatic rings. The Morgan fingerprint density at radius 1 is 1.12 bits per heavy atom. The normalized spacial score (nSPS) is 16.4. The molecule has 0 saturated carbocycles. The average molecular weight is 627 g/mol. The van der Waals surface area contributed by atoms with Crippen LogP contribution in [0.15, 0.2) is 42.5 Å². The number of benzene rings is 2. The average Bonchev–Trinajstić information content (AvgIpc) is 3.44. The van der Waals surface area contributed by atoms with Crippen molar-refractivity contribution in [3.63, 3.8) is 0 Å². The largest absolute Gasteiger partial charge is 0.454 e. The van der Waals surface area contributed by atoms with Crippen LogP contribution in [-0.2, 0) is 20.8 Å². The fourth-order valence-corrected chi connectivity index (χ4v) is 5.27. The number of alkyl halides is 3. The van der Waals surface area contributed by atoms with Gasteiger partial charge < -0.3 is 35.0 Å². The molecule has 2 heterocycles. The maximum Gasteiger partial charge on any atom is 0.411 e. The van der Waals surface area contributed by atoms with Crippen molar-refractivity contribution in [3.8, 4) is 11.5 Å². The van der Waals surface area contributed by atoms with Crippen LogP contribution in [0.5, 0.6) is 11.5 Å². The second-order valence-electron chi connectivity index (χ2n) is 10.5. The number of ether oxygens (including phenoxy) is 2. The summed E-state index contributed by atoms with van der Waals surface area (Å²) in [6.45, 7) is 1.07. The van der Waals surface area contributed by atoms with Crippen molar-refractivity contribution in [1.82, 2.24) is 15.1 Å². The highest BCUT2D eigenvalue weighted by Crippen LogP contribution is 2.33. The minimum atomic E-state index is -5.00. The third kappa shape index (κ3) is 8.90. The van der Waals surface area contributed by atoms with Gasteiger partial charge in [0.1, 0.15) is 6.10 Å². The maximum atomic E-state index is 14.1. The van der Waals surface area contributed by atoms with Gasteiger partial charge >= 0.3 is 6.18 Å². The van der Waals surface area contributed by atoms with Crippen LogP contribution in [0.25, 0.3) is 0 Å². The minimum Gasteiger partial charge on any atom is -0.454 e. The molecule has 14 heteroatoms. The SMILES string of the molecule is CC(=O)N1CCC(C(=O)N(CCc2ccc3c(c2)OCO3)CC(O)C(NC(=O)CNc2cccc(Cl)c2)C(F)(F)F)CC1. The van der Waals surface area contributed by atoms with E-state index >= 15 is 0 Å². The summed E-state index contributed by atoms with van der Waals surface area (Å²) in [5.41, 5.74) is 1.19. The van der Waals surface area contributed by atoms with E-state index in [1.54, 1.807) is 41.3 Å². The summed E-state index contributed by atoms with van der Waals surface area (Å²) in [7, 11) is 0. The van der Waals surface area contributed by atoms with Crippen LogP contribution in [0.1, 0.15) is 25.3 Å². The molecule has 4 rings (SSSR count). The van der Waals surface area contributed by atoms with Gasteiger partial charge in [0.25, 0.3) is 0 Å². The number of aliphatic hydroxyl groups is 1. The van der Waals surface area contributed by atoms with E-state index in [0.717, 1.165) is 5.56 Å². The number of anilines is 1. The number of rotatable bonds is 11. The highest BCUT2D eigenvalue weighted by molar-refractivity contribution is 6.30. The predicted octanol–water partition coefficient (Wildman–Crippen LogP) is 3.22. The van der Waals surface area contributed by atoms with Gasteiger partial charge in [-0.15, -0.1) is 0 Å². The molecule has 3 N–H and O–H groups in total. The summed E-state index contributed by atoms with van der Waals surface area (Å²) in [5.74, 6) is -0.972. The third-order valence-electron chi connectivity index (χ3n) is 7.45. The molecule has 0 spiro atoms. The number of fused-ring (bicyclic) bond motifs is 1. The van der Waals surface area contributed by atoms with Gasteiger partial charge in [0, 0.05) is 49.7 Å². The maximum absolute atomic E-state index is 14.1. The Balaban J connectivity index is 1.45. The lowest BCUT2D eigenvalue weighted by atomic mass is 9.94. The molecule has 1 fully saturated rings. The lowest BCUT2D eigenvalue weighted by Gasteiger charge is -2.36. The lowest BCUT2D eigenvalue weighted by molar-refractivity contribution is -0.183. The molecule has 2 aliphatic heterocycles. The summed E-state index contributed by atoms with van der Waals surface area (Å²) >= 11 is 5.90. The molecule has 0 radical (unpaired) electrons. The Labute approximate surface area is 252 Å². The van der Waals surface area contributed by atoms with Crippen LogP contribution in [0.4, 0.5) is 18.9 Å². The number of amides is 3. The van der Waals surface area contributed by atoms with Gasteiger partial charge in [-0.25, -0.2) is 0 Å². The second-order valence-corrected chi connectivity index (χ2v) is 11.0. The van der Waals surface area contributed by atoms with E-state index < -0.39 is 49.1 Å². The van der Waals surface area contributed by atoms with E-state index in [-0.39, 0.29) is 25.7 Å². The molecule has 0 aliphatic carbocycles. The van der Waals surface area contributed by atoms with Crippen LogP contribution in [-0.4, -0.2) is 90.5 Å². The molecular weight excluding hydrogens is 593 g/mol. The second kappa shape index (κ2) is 14.2. The Kier molecular flexibility index (Phi) is 10.6. The number of piperidine rings is 1. The summed E-state index contributed by atoms with van der Waals surface area (Å²) in [6.07, 6.45) is -6.17. The zero-order valence-corrected chi connectivity index (χ0v) is 24.3. The van der Waals surface area contributed by atoms with Gasteiger partial charge in [-0.1, -0.05) is 23.7 Å². The topological polar surface area (TPSA) is 120 Å². The first-order valence-corrected chi connectivity index (χ1v) is 14.2. The van der Waals surface area contributed by atoms with Crippen LogP contribution < -0.4 is 20.1 Å². The first-order chi connectivity index (χ1) is 20.4. The Bertz CT molecular complexity index is 1310. The fourth-order valence-electron chi connectivity index (χ4n) is 5.08. The summed E-state index contributed by atoms with van der Waals surface area (Å²) < 4.78 is 52.9. The number of nitrogens with one attached hydrogen (secondary N) is 2. The smallest absolute Gasteiger partial charge is 0.411 e. The molecule has 2 aliphatic rings. The van der Waals surface area contributed by atoms with Crippen LogP contribution in [0, 0.1) is 5.92 Å². The van der Waals surface area contributed by atoms with Crippen molar-refractivity contribution in [2.75, 3.05) is 44.8 Å². The molecule has 2 unspecified atom stereocenters. The van der Waals surface area contributed by atoms with E-state index in [4.69, 9.17) is 21.1 Å². The lowest BCUT2D eigenvalue weighted by Crippen LogP contribution is -2.58. The first kappa shape index (κ1) is 32.2. The molecule has 3 amide bonds. The van der Waals surface area contributed by atoms with Crippen molar-refractivity contribution in [2.24, 2.45) is 5.92 Å². The molecule has 2 aromatic carbocycles. The van der Waals surface area contributed by atoms with Gasteiger partial charge in [0.15, 0.2) is 17.5 Å². The Hall–Kier alpha value is -3.71. The number of hydrogen-bond acceptors (Lipinski definition) is 7. The monoisotopic (exact) mass is 626 g/mol. The molecule has 1 saturated heterocycles. The van der Waals surface area contributed by atoms with E-state index in [2.05, 4.69) is 5.32 Å². The zero-order chi connectivity index (χ0) is 31.1. The summed E-state index contributed by atoms with van der Waals surface area (Å²) in [4.78, 5) is 40.6. The van der Waals surface area contributed by atoms with Crippen molar-refractivity contribution in [3.05, 3.63) is 53.1 Å². The number of carbonyl (C=O) groups excluding carboxylic acids is 3. The zero-order valence-electron chi connectivity index (χ0n) is 23.5. The van der Waals surface area contributed by atoms with E-state index in [9.17, 15) is 32.7 Å². The quantitative estimate of drug-likeness (QED) is 0.350. The molecule has 10 nitrogen and oxygen atoms in total. The van der Waals surface area contributed by atoms with Gasteiger partial charge in [-0.05, 0) is 55.2 Å². The van der Waals surface area contributed by atoms with Gasteiger partial charge in [0.2, 0.25) is 24.5 Å². The first-order valence-electron chi connectivity index (χ1n) is 13.9. The predicted molar refractivity (Wildman–Crippen MR) is 152 cm³/mol. The van der Waals surface area contributed by atoms with Crippen LogP contribution in [0.3, 0.4) is 0 Å². The van der Waals surface area contributed by atoms with E-state index in [0.29, 0.717) is 48.1 Å². The van der Waals surface area contributed by atoms with E-state index in [1.165, 1.54) is 17.9 Å². The van der Waals surface area contributed by atoms with Crippen LogP contribution >= 0.6 is 11.6 Å². The Morgan fingerprint density at radius 3 is 2.51 bits per heavy atom. The number of nitrogens with zero attached hydrogens (tertiary/aromatic N) is 2. The highest BCUT2D eigenvalue weighted by atomic mass is 35.5. The summed E-state index contributed by atoms with van der Waals surface area (Å²) in [6, 6.07) is 8.92. The van der Waals surface area contributed by atoms with Crippen molar-refractivity contribution in [2.45, 2.75) is 44.5 Å². The van der Waals surface area contributed by atoms with E-state index in [1.807, 2.05) is 5.32 Å². The van der Waals surface area contributed by atoms with Crippen LogP contribution in [0.2, 0.25) is 5.02 Å². The number of halogens is 4.